The lowest BCUT2D eigenvalue weighted by Crippen LogP contribution is -2.48. The first-order valence-corrected chi connectivity index (χ1v) is 8.06. The monoisotopic (exact) mass is 382 g/mol. The van der Waals surface area contributed by atoms with Gasteiger partial charge in [-0.15, -0.1) is 0 Å². The molecule has 27 heavy (non-hydrogen) atoms. The third-order valence-corrected chi connectivity index (χ3v) is 3.70. The number of hydrogen-bond acceptors (Lipinski definition) is 8. The molecule has 2 rings (SSSR count). The van der Waals surface area contributed by atoms with Gasteiger partial charge in [0, 0.05) is 26.8 Å². The van der Waals surface area contributed by atoms with E-state index >= 15 is 0 Å². The fourth-order valence-electron chi connectivity index (χ4n) is 2.71. The zero-order valence-electron chi connectivity index (χ0n) is 15.0. The van der Waals surface area contributed by atoms with Gasteiger partial charge in [0.2, 0.25) is 6.10 Å². The first kappa shape index (κ1) is 20.3. The maximum atomic E-state index is 11.5. The SMILES string of the molecule is CC(=O)OC[C@H]1O[C@@H]([n+]2cccc(C(=O)O)c2)[C@H](OC(C)=O)[C@@H]1OC(C)=O. The van der Waals surface area contributed by atoms with E-state index < -0.39 is 48.4 Å². The Hall–Kier alpha value is -3.01. The highest BCUT2D eigenvalue weighted by molar-refractivity contribution is 5.86. The Morgan fingerprint density at radius 1 is 1.07 bits per heavy atom. The van der Waals surface area contributed by atoms with Crippen molar-refractivity contribution in [1.82, 2.24) is 0 Å². The van der Waals surface area contributed by atoms with Crippen molar-refractivity contribution in [1.29, 1.82) is 0 Å². The van der Waals surface area contributed by atoms with E-state index in [0.717, 1.165) is 0 Å². The molecule has 1 fully saturated rings. The van der Waals surface area contributed by atoms with Gasteiger partial charge < -0.3 is 24.1 Å². The molecule has 0 bridgehead atoms. The number of esters is 3. The number of carbonyl (C=O) groups is 4. The van der Waals surface area contributed by atoms with Crippen LogP contribution in [0.25, 0.3) is 0 Å². The summed E-state index contributed by atoms with van der Waals surface area (Å²) in [6.07, 6.45) is -1.20. The Kier molecular flexibility index (Phi) is 6.45. The summed E-state index contributed by atoms with van der Waals surface area (Å²) in [5.74, 6) is -3.00. The van der Waals surface area contributed by atoms with E-state index in [4.69, 9.17) is 24.1 Å². The predicted molar refractivity (Wildman–Crippen MR) is 85.2 cm³/mol. The molecule has 0 saturated carbocycles. The fourth-order valence-corrected chi connectivity index (χ4v) is 2.71. The van der Waals surface area contributed by atoms with Gasteiger partial charge in [-0.2, -0.15) is 4.57 Å². The first-order chi connectivity index (χ1) is 12.7. The van der Waals surface area contributed by atoms with Crippen LogP contribution in [-0.2, 0) is 33.3 Å². The first-order valence-electron chi connectivity index (χ1n) is 8.06. The number of pyridine rings is 1. The standard InChI is InChI=1S/C17H19NO9/c1-9(19)24-8-13-14(25-10(2)20)15(26-11(3)21)16(27-13)18-6-4-5-12(7-18)17(22)23/h4-7,13-16H,8H2,1-3H3/p+1/t13-,14-,15-,16-/m1/s1. The lowest BCUT2D eigenvalue weighted by atomic mass is 10.1. The normalized spacial score (nSPS) is 24.1. The Labute approximate surface area is 154 Å². The molecule has 10 nitrogen and oxygen atoms in total. The molecule has 1 aromatic heterocycles. The number of carbonyl (C=O) groups excluding carboxylic acids is 3. The highest BCUT2D eigenvalue weighted by Crippen LogP contribution is 2.31. The third-order valence-electron chi connectivity index (χ3n) is 3.70. The summed E-state index contributed by atoms with van der Waals surface area (Å²) in [5.41, 5.74) is -0.0184. The van der Waals surface area contributed by atoms with Gasteiger partial charge in [-0.25, -0.2) is 4.79 Å². The molecule has 0 aromatic carbocycles. The van der Waals surface area contributed by atoms with Crippen molar-refractivity contribution in [2.45, 2.75) is 45.3 Å². The minimum atomic E-state index is -1.15. The van der Waals surface area contributed by atoms with Gasteiger partial charge in [0.15, 0.2) is 18.5 Å². The molecule has 1 aliphatic rings. The number of aromatic nitrogens is 1. The summed E-state index contributed by atoms with van der Waals surface area (Å²) in [6, 6.07) is 2.87. The van der Waals surface area contributed by atoms with Crippen LogP contribution in [0, 0.1) is 0 Å². The van der Waals surface area contributed by atoms with Crippen molar-refractivity contribution in [3.8, 4) is 0 Å². The van der Waals surface area contributed by atoms with Crippen LogP contribution in [0.4, 0.5) is 0 Å². The average molecular weight is 382 g/mol. The van der Waals surface area contributed by atoms with Gasteiger partial charge in [0.1, 0.15) is 18.3 Å². The smallest absolute Gasteiger partial charge is 0.341 e. The van der Waals surface area contributed by atoms with Crippen LogP contribution in [0.2, 0.25) is 0 Å². The van der Waals surface area contributed by atoms with Gasteiger partial charge in [-0.05, 0) is 6.07 Å². The second kappa shape index (κ2) is 8.58. The average Bonchev–Trinajstić information content (AvgIpc) is 2.89. The largest absolute Gasteiger partial charge is 0.477 e. The summed E-state index contributed by atoms with van der Waals surface area (Å²) < 4.78 is 22.6. The molecular formula is C17H20NO9+. The van der Waals surface area contributed by atoms with Gasteiger partial charge in [0.25, 0.3) is 0 Å². The van der Waals surface area contributed by atoms with Crippen LogP contribution in [0.5, 0.6) is 0 Å². The Bertz CT molecular complexity index is 748. The predicted octanol–water partition coefficient (Wildman–Crippen LogP) is -0.00380. The van der Waals surface area contributed by atoms with Crippen molar-refractivity contribution in [2.24, 2.45) is 0 Å². The van der Waals surface area contributed by atoms with Gasteiger partial charge in [0.05, 0.1) is 0 Å². The quantitative estimate of drug-likeness (QED) is 0.410. The number of nitrogens with zero attached hydrogens (tertiary/aromatic N) is 1. The fraction of sp³-hybridized carbons (Fsp3) is 0.471. The lowest BCUT2D eigenvalue weighted by Gasteiger charge is -2.21. The molecule has 1 aromatic rings. The molecular weight excluding hydrogens is 362 g/mol. The Morgan fingerprint density at radius 2 is 1.70 bits per heavy atom. The minimum Gasteiger partial charge on any atom is -0.477 e. The molecule has 146 valence electrons. The molecule has 1 N–H and O–H groups in total. The number of hydrogen-bond donors (Lipinski definition) is 1. The topological polar surface area (TPSA) is 129 Å². The van der Waals surface area contributed by atoms with E-state index in [1.54, 1.807) is 0 Å². The molecule has 0 aliphatic carbocycles. The maximum absolute atomic E-state index is 11.5. The van der Waals surface area contributed by atoms with Gasteiger partial charge in [-0.1, -0.05) is 0 Å². The lowest BCUT2D eigenvalue weighted by molar-refractivity contribution is -0.765. The molecule has 4 atom stereocenters. The minimum absolute atomic E-state index is 0.0184. The molecule has 1 saturated heterocycles. The number of ether oxygens (including phenoxy) is 4. The van der Waals surface area contributed by atoms with Crippen LogP contribution in [0.15, 0.2) is 24.5 Å². The summed E-state index contributed by atoms with van der Waals surface area (Å²) in [5, 5.41) is 9.17. The maximum Gasteiger partial charge on any atom is 0.341 e. The third kappa shape index (κ3) is 5.23. The van der Waals surface area contributed by atoms with E-state index in [0.29, 0.717) is 0 Å². The van der Waals surface area contributed by atoms with E-state index in [2.05, 4.69) is 0 Å². The van der Waals surface area contributed by atoms with Crippen molar-refractivity contribution >= 4 is 23.9 Å². The van der Waals surface area contributed by atoms with Gasteiger partial charge >= 0.3 is 30.1 Å². The number of rotatable bonds is 6. The Balaban J connectivity index is 2.39. The zero-order valence-corrected chi connectivity index (χ0v) is 15.0. The van der Waals surface area contributed by atoms with Crippen molar-refractivity contribution in [2.75, 3.05) is 6.61 Å². The Morgan fingerprint density at radius 3 is 2.26 bits per heavy atom. The van der Waals surface area contributed by atoms with E-state index in [9.17, 15) is 19.2 Å². The van der Waals surface area contributed by atoms with E-state index in [1.807, 2.05) is 0 Å². The second-order valence-electron chi connectivity index (χ2n) is 5.86. The zero-order chi connectivity index (χ0) is 20.1. The molecule has 0 radical (unpaired) electrons. The molecule has 1 aliphatic heterocycles. The summed E-state index contributed by atoms with van der Waals surface area (Å²) >= 11 is 0. The van der Waals surface area contributed by atoms with E-state index in [-0.39, 0.29) is 12.2 Å². The van der Waals surface area contributed by atoms with E-state index in [1.165, 1.54) is 49.9 Å². The molecule has 0 amide bonds. The van der Waals surface area contributed by atoms with Crippen LogP contribution < -0.4 is 4.57 Å². The summed E-state index contributed by atoms with van der Waals surface area (Å²) in [7, 11) is 0. The summed E-state index contributed by atoms with van der Waals surface area (Å²) in [4.78, 5) is 45.4. The van der Waals surface area contributed by atoms with Crippen molar-refractivity contribution in [3.63, 3.8) is 0 Å². The molecule has 10 heteroatoms. The molecule has 2 heterocycles. The van der Waals surface area contributed by atoms with Crippen molar-refractivity contribution in [3.05, 3.63) is 30.1 Å². The second-order valence-corrected chi connectivity index (χ2v) is 5.86. The summed E-state index contributed by atoms with van der Waals surface area (Å²) in [6.45, 7) is 3.33. The highest BCUT2D eigenvalue weighted by Gasteiger charge is 2.54. The highest BCUT2D eigenvalue weighted by atomic mass is 16.7. The van der Waals surface area contributed by atoms with Crippen LogP contribution >= 0.6 is 0 Å². The van der Waals surface area contributed by atoms with Crippen LogP contribution in [0.1, 0.15) is 37.4 Å². The molecule has 0 unspecified atom stereocenters. The van der Waals surface area contributed by atoms with Crippen LogP contribution in [-0.4, -0.2) is 53.9 Å². The number of aromatic carboxylic acids is 1. The van der Waals surface area contributed by atoms with Gasteiger partial charge in [-0.3, -0.25) is 14.4 Å². The number of carboxylic acids is 1. The van der Waals surface area contributed by atoms with Crippen molar-refractivity contribution < 1.29 is 47.8 Å². The molecule has 0 spiro atoms. The number of carboxylic acid groups (broad SMARTS) is 1. The van der Waals surface area contributed by atoms with Crippen LogP contribution in [0.3, 0.4) is 0 Å².